The number of piperidine rings is 1. The zero-order chi connectivity index (χ0) is 16.8. The van der Waals surface area contributed by atoms with Crippen LogP contribution in [0.25, 0.3) is 0 Å². The molecule has 1 N–H and O–H groups in total. The first-order valence-electron chi connectivity index (χ1n) is 7.80. The van der Waals surface area contributed by atoms with Crippen LogP contribution in [-0.4, -0.2) is 41.4 Å². The molecule has 1 spiro atoms. The van der Waals surface area contributed by atoms with Crippen molar-refractivity contribution in [1.29, 1.82) is 0 Å². The molecule has 0 aliphatic carbocycles. The van der Waals surface area contributed by atoms with Crippen LogP contribution in [-0.2, 0) is 15.1 Å². The molecule has 0 saturated carbocycles. The maximum atomic E-state index is 12.2. The molecule has 1 aromatic rings. The number of aliphatic hydroxyl groups is 1. The predicted octanol–water partition coefficient (Wildman–Crippen LogP) is 3.69. The average molecular weight is 360 g/mol. The van der Waals surface area contributed by atoms with E-state index in [1.54, 1.807) is 4.90 Å². The maximum Gasteiger partial charge on any atom is 0.410 e. The second-order valence-electron chi connectivity index (χ2n) is 7.12. The van der Waals surface area contributed by atoms with Gasteiger partial charge >= 0.3 is 6.09 Å². The van der Waals surface area contributed by atoms with Crippen molar-refractivity contribution in [2.45, 2.75) is 50.9 Å². The third-order valence-corrected chi connectivity index (χ3v) is 5.71. The van der Waals surface area contributed by atoms with Gasteiger partial charge in [0, 0.05) is 23.5 Å². The van der Waals surface area contributed by atoms with Crippen LogP contribution in [0.15, 0.2) is 6.07 Å². The number of thiophene rings is 1. The molecule has 3 rings (SSSR count). The van der Waals surface area contributed by atoms with Crippen molar-refractivity contribution < 1.29 is 19.4 Å². The van der Waals surface area contributed by atoms with Gasteiger partial charge in [0.2, 0.25) is 0 Å². The Bertz CT molecular complexity index is 602. The summed E-state index contributed by atoms with van der Waals surface area (Å²) in [5.41, 5.74) is -0.0613. The minimum absolute atomic E-state index is 0.270. The van der Waals surface area contributed by atoms with Crippen molar-refractivity contribution >= 4 is 29.0 Å². The Morgan fingerprint density at radius 1 is 1.48 bits per heavy atom. The monoisotopic (exact) mass is 359 g/mol. The van der Waals surface area contributed by atoms with E-state index in [1.807, 2.05) is 26.8 Å². The van der Waals surface area contributed by atoms with Gasteiger partial charge in [0.1, 0.15) is 17.3 Å². The second kappa shape index (κ2) is 5.92. The number of carbonyl (C=O) groups excluding carboxylic acids is 1. The molecule has 23 heavy (non-hydrogen) atoms. The van der Waals surface area contributed by atoms with Crippen LogP contribution in [0.2, 0.25) is 4.34 Å². The first kappa shape index (κ1) is 17.0. The Kier molecular flexibility index (Phi) is 4.38. The molecule has 2 aliphatic heterocycles. The Labute approximate surface area is 145 Å². The van der Waals surface area contributed by atoms with Gasteiger partial charge in [-0.25, -0.2) is 4.79 Å². The normalized spacial score (nSPS) is 23.7. The zero-order valence-electron chi connectivity index (χ0n) is 13.6. The summed E-state index contributed by atoms with van der Waals surface area (Å²) in [6.07, 6.45) is 0.460. The van der Waals surface area contributed by atoms with Crippen molar-refractivity contribution in [3.8, 4) is 0 Å². The number of fused-ring (bicyclic) bond motifs is 2. The first-order chi connectivity index (χ1) is 10.7. The van der Waals surface area contributed by atoms with Gasteiger partial charge in [-0.2, -0.15) is 0 Å². The molecule has 1 aromatic heterocycles. The molecule has 1 amide bonds. The molecule has 1 saturated heterocycles. The number of likely N-dealkylation sites (tertiary alicyclic amines) is 1. The quantitative estimate of drug-likeness (QED) is 0.767. The van der Waals surface area contributed by atoms with Crippen LogP contribution in [0.3, 0.4) is 0 Å². The summed E-state index contributed by atoms with van der Waals surface area (Å²) in [4.78, 5) is 14.9. The van der Waals surface area contributed by atoms with Crippen molar-refractivity contribution in [2.24, 2.45) is 0 Å². The van der Waals surface area contributed by atoms with Gasteiger partial charge in [0.15, 0.2) is 0 Å². The van der Waals surface area contributed by atoms with Gasteiger partial charge < -0.3 is 19.5 Å². The highest BCUT2D eigenvalue weighted by molar-refractivity contribution is 7.16. The number of hydrogen-bond donors (Lipinski definition) is 1. The summed E-state index contributed by atoms with van der Waals surface area (Å²) in [5, 5.41) is 10.1. The number of carbonyl (C=O) groups is 1. The molecule has 128 valence electrons. The molecule has 0 aromatic carbocycles. The average Bonchev–Trinajstić information content (AvgIpc) is 2.86. The van der Waals surface area contributed by atoms with E-state index in [0.717, 1.165) is 10.4 Å². The summed E-state index contributed by atoms with van der Waals surface area (Å²) in [5.74, 6) is 0. The van der Waals surface area contributed by atoms with Crippen molar-refractivity contribution in [2.75, 3.05) is 19.7 Å². The summed E-state index contributed by atoms with van der Waals surface area (Å²) in [6, 6.07) is 1.83. The molecular formula is C16H22ClNO4S. The van der Waals surface area contributed by atoms with Gasteiger partial charge in [-0.1, -0.05) is 11.6 Å². The number of ether oxygens (including phenoxy) is 2. The molecule has 2 aliphatic rings. The number of amides is 1. The zero-order valence-corrected chi connectivity index (χ0v) is 15.2. The number of rotatable bonds is 0. The summed E-state index contributed by atoms with van der Waals surface area (Å²) >= 11 is 7.60. The smallest absolute Gasteiger partial charge is 0.410 e. The lowest BCUT2D eigenvalue weighted by Crippen LogP contribution is -2.49. The molecule has 7 heteroatoms. The Morgan fingerprint density at radius 3 is 2.74 bits per heavy atom. The van der Waals surface area contributed by atoms with Crippen LogP contribution < -0.4 is 0 Å². The molecule has 3 heterocycles. The fourth-order valence-corrected chi connectivity index (χ4v) is 4.61. The Balaban J connectivity index is 1.74. The van der Waals surface area contributed by atoms with E-state index in [0.29, 0.717) is 30.3 Å². The van der Waals surface area contributed by atoms with E-state index in [1.165, 1.54) is 11.3 Å². The Hall–Kier alpha value is -0.820. The van der Waals surface area contributed by atoms with Crippen LogP contribution in [0.1, 0.15) is 50.2 Å². The standard InChI is InChI=1S/C16H22ClNO4S/c1-15(2,3)22-14(20)18-6-4-16(5-7-18)13-10(8-12(17)23-13)11(19)9-21-16/h8,11,19H,4-7,9H2,1-3H3. The van der Waals surface area contributed by atoms with E-state index < -0.39 is 17.3 Å². The third-order valence-electron chi connectivity index (χ3n) is 4.24. The van der Waals surface area contributed by atoms with Gasteiger partial charge in [-0.05, 0) is 39.7 Å². The van der Waals surface area contributed by atoms with Crippen molar-refractivity contribution in [1.82, 2.24) is 4.90 Å². The topological polar surface area (TPSA) is 59.0 Å². The van der Waals surface area contributed by atoms with Crippen LogP contribution in [0, 0.1) is 0 Å². The first-order valence-corrected chi connectivity index (χ1v) is 8.99. The van der Waals surface area contributed by atoms with E-state index in [2.05, 4.69) is 0 Å². The molecule has 0 radical (unpaired) electrons. The van der Waals surface area contributed by atoms with E-state index in [9.17, 15) is 9.90 Å². The summed E-state index contributed by atoms with van der Waals surface area (Å²) in [7, 11) is 0. The minimum Gasteiger partial charge on any atom is -0.444 e. The van der Waals surface area contributed by atoms with E-state index in [-0.39, 0.29) is 12.7 Å². The fraction of sp³-hybridized carbons (Fsp3) is 0.688. The maximum absolute atomic E-state index is 12.2. The van der Waals surface area contributed by atoms with Crippen LogP contribution >= 0.6 is 22.9 Å². The van der Waals surface area contributed by atoms with E-state index in [4.69, 9.17) is 21.1 Å². The molecule has 1 unspecified atom stereocenters. The van der Waals surface area contributed by atoms with Gasteiger partial charge in [-0.3, -0.25) is 0 Å². The number of halogens is 1. The van der Waals surface area contributed by atoms with Crippen LogP contribution in [0.5, 0.6) is 0 Å². The molecule has 5 nitrogen and oxygen atoms in total. The fourth-order valence-electron chi connectivity index (χ4n) is 3.12. The van der Waals surface area contributed by atoms with E-state index >= 15 is 0 Å². The van der Waals surface area contributed by atoms with Gasteiger partial charge in [-0.15, -0.1) is 11.3 Å². The van der Waals surface area contributed by atoms with Gasteiger partial charge in [0.05, 0.1) is 10.9 Å². The third kappa shape index (κ3) is 3.36. The molecule has 1 fully saturated rings. The number of hydrogen-bond acceptors (Lipinski definition) is 5. The second-order valence-corrected chi connectivity index (χ2v) is 8.81. The van der Waals surface area contributed by atoms with Crippen LogP contribution in [0.4, 0.5) is 4.79 Å². The summed E-state index contributed by atoms with van der Waals surface area (Å²) < 4.78 is 12.1. The largest absolute Gasteiger partial charge is 0.444 e. The van der Waals surface area contributed by atoms with Crippen molar-refractivity contribution in [3.63, 3.8) is 0 Å². The lowest BCUT2D eigenvalue weighted by Gasteiger charge is -2.44. The lowest BCUT2D eigenvalue weighted by molar-refractivity contribution is -0.127. The Morgan fingerprint density at radius 2 is 2.13 bits per heavy atom. The summed E-state index contributed by atoms with van der Waals surface area (Å²) in [6.45, 7) is 7.00. The lowest BCUT2D eigenvalue weighted by atomic mass is 9.85. The number of nitrogens with zero attached hydrogens (tertiary/aromatic N) is 1. The van der Waals surface area contributed by atoms with Gasteiger partial charge in [0.25, 0.3) is 0 Å². The molecule has 0 bridgehead atoms. The minimum atomic E-state index is -0.622. The molecule has 1 atom stereocenters. The molecular weight excluding hydrogens is 338 g/mol. The SMILES string of the molecule is CC(C)(C)OC(=O)N1CCC2(CC1)OCC(O)c1cc(Cl)sc12. The highest BCUT2D eigenvalue weighted by Gasteiger charge is 2.45. The van der Waals surface area contributed by atoms with Crippen molar-refractivity contribution in [3.05, 3.63) is 20.8 Å². The highest BCUT2D eigenvalue weighted by Crippen LogP contribution is 2.49. The highest BCUT2D eigenvalue weighted by atomic mass is 35.5. The predicted molar refractivity (Wildman–Crippen MR) is 89.0 cm³/mol. The number of aliphatic hydroxyl groups excluding tert-OH is 1.